The molecular weight excluding hydrogens is 322 g/mol. The normalized spacial score (nSPS) is 15.8. The molecule has 0 aliphatic carbocycles. The van der Waals surface area contributed by atoms with Crippen LogP contribution in [0.1, 0.15) is 29.8 Å². The fourth-order valence-corrected chi connectivity index (χ4v) is 3.40. The molecule has 1 aliphatic heterocycles. The molecule has 1 N–H and O–H groups in total. The molecule has 0 radical (unpaired) electrons. The SMILES string of the molecule is Cc1nn(CCNC2CCN(c3ccc(F)c(F)c3)CC2)c(C)c1C. The lowest BCUT2D eigenvalue weighted by Crippen LogP contribution is -2.43. The van der Waals surface area contributed by atoms with Gasteiger partial charge in [-0.3, -0.25) is 4.68 Å². The van der Waals surface area contributed by atoms with E-state index in [2.05, 4.69) is 33.8 Å². The largest absolute Gasteiger partial charge is 0.371 e. The van der Waals surface area contributed by atoms with Gasteiger partial charge in [0.05, 0.1) is 12.2 Å². The van der Waals surface area contributed by atoms with Crippen molar-refractivity contribution < 1.29 is 8.78 Å². The van der Waals surface area contributed by atoms with Gasteiger partial charge in [-0.05, 0) is 51.3 Å². The van der Waals surface area contributed by atoms with Crippen LogP contribution in [0.5, 0.6) is 0 Å². The molecule has 25 heavy (non-hydrogen) atoms. The van der Waals surface area contributed by atoms with Gasteiger partial charge in [0.2, 0.25) is 0 Å². The fourth-order valence-electron chi connectivity index (χ4n) is 3.40. The summed E-state index contributed by atoms with van der Waals surface area (Å²) in [6.45, 7) is 9.70. The molecule has 1 aliphatic rings. The number of anilines is 1. The van der Waals surface area contributed by atoms with E-state index in [1.807, 2.05) is 6.92 Å². The quantitative estimate of drug-likeness (QED) is 0.900. The average Bonchev–Trinajstić information content (AvgIpc) is 2.85. The fraction of sp³-hybridized carbons (Fsp3) is 0.526. The molecule has 2 heterocycles. The minimum atomic E-state index is -0.792. The van der Waals surface area contributed by atoms with E-state index >= 15 is 0 Å². The van der Waals surface area contributed by atoms with E-state index in [0.717, 1.165) is 50.4 Å². The molecule has 0 spiro atoms. The van der Waals surface area contributed by atoms with Crippen molar-refractivity contribution in [2.24, 2.45) is 0 Å². The van der Waals surface area contributed by atoms with Crippen molar-refractivity contribution >= 4 is 5.69 Å². The lowest BCUT2D eigenvalue weighted by molar-refractivity contribution is 0.399. The van der Waals surface area contributed by atoms with E-state index in [0.29, 0.717) is 6.04 Å². The molecule has 0 atom stereocenters. The van der Waals surface area contributed by atoms with Gasteiger partial charge in [-0.25, -0.2) is 8.78 Å². The van der Waals surface area contributed by atoms with Gasteiger partial charge in [0.15, 0.2) is 11.6 Å². The van der Waals surface area contributed by atoms with Crippen LogP contribution in [0.3, 0.4) is 0 Å². The highest BCUT2D eigenvalue weighted by Gasteiger charge is 2.20. The number of piperidine rings is 1. The number of aromatic nitrogens is 2. The molecule has 1 saturated heterocycles. The number of hydrogen-bond acceptors (Lipinski definition) is 3. The number of benzene rings is 1. The summed E-state index contributed by atoms with van der Waals surface area (Å²) in [4.78, 5) is 2.12. The van der Waals surface area contributed by atoms with Crippen molar-refractivity contribution in [1.29, 1.82) is 0 Å². The lowest BCUT2D eigenvalue weighted by atomic mass is 10.0. The van der Waals surface area contributed by atoms with Crippen LogP contribution in [-0.4, -0.2) is 35.5 Å². The number of aryl methyl sites for hydroxylation is 1. The predicted octanol–water partition coefficient (Wildman–Crippen LogP) is 3.35. The van der Waals surface area contributed by atoms with E-state index in [1.54, 1.807) is 6.07 Å². The van der Waals surface area contributed by atoms with Gasteiger partial charge in [0, 0.05) is 43.1 Å². The topological polar surface area (TPSA) is 33.1 Å². The monoisotopic (exact) mass is 348 g/mol. The number of rotatable bonds is 5. The molecule has 136 valence electrons. The number of halogens is 2. The molecular formula is C19H26F2N4. The molecule has 0 saturated carbocycles. The zero-order valence-corrected chi connectivity index (χ0v) is 15.1. The minimum absolute atomic E-state index is 0.458. The van der Waals surface area contributed by atoms with Crippen molar-refractivity contribution in [3.8, 4) is 0 Å². The van der Waals surface area contributed by atoms with Gasteiger partial charge < -0.3 is 10.2 Å². The zero-order chi connectivity index (χ0) is 18.0. The van der Waals surface area contributed by atoms with Crippen molar-refractivity contribution in [2.45, 2.75) is 46.2 Å². The van der Waals surface area contributed by atoms with Crippen molar-refractivity contribution in [3.05, 3.63) is 46.8 Å². The highest BCUT2D eigenvalue weighted by Crippen LogP contribution is 2.22. The standard InChI is InChI=1S/C19H26F2N4/c1-13-14(2)23-25(15(13)3)11-8-22-16-6-9-24(10-7-16)17-4-5-18(20)19(21)12-17/h4-5,12,16,22H,6-11H2,1-3H3. The first kappa shape index (κ1) is 17.9. The maximum atomic E-state index is 13.4. The first-order chi connectivity index (χ1) is 12.0. The molecule has 2 aromatic rings. The lowest BCUT2D eigenvalue weighted by Gasteiger charge is -2.34. The van der Waals surface area contributed by atoms with Crippen LogP contribution in [0.25, 0.3) is 0 Å². The van der Waals surface area contributed by atoms with Gasteiger partial charge in [0.1, 0.15) is 0 Å². The molecule has 6 heteroatoms. The third kappa shape index (κ3) is 4.00. The second-order valence-corrected chi connectivity index (χ2v) is 6.83. The van der Waals surface area contributed by atoms with Crippen LogP contribution in [-0.2, 0) is 6.54 Å². The van der Waals surface area contributed by atoms with Crippen LogP contribution in [0.4, 0.5) is 14.5 Å². The Morgan fingerprint density at radius 1 is 1.12 bits per heavy atom. The van der Waals surface area contributed by atoms with Gasteiger partial charge in [-0.15, -0.1) is 0 Å². The summed E-state index contributed by atoms with van der Waals surface area (Å²) in [5.74, 6) is -1.57. The van der Waals surface area contributed by atoms with E-state index in [9.17, 15) is 8.78 Å². The summed E-state index contributed by atoms with van der Waals surface area (Å²) >= 11 is 0. The summed E-state index contributed by atoms with van der Waals surface area (Å²) in [6.07, 6.45) is 1.99. The van der Waals surface area contributed by atoms with Crippen molar-refractivity contribution in [1.82, 2.24) is 15.1 Å². The Hall–Kier alpha value is -1.95. The van der Waals surface area contributed by atoms with Crippen LogP contribution < -0.4 is 10.2 Å². The summed E-state index contributed by atoms with van der Waals surface area (Å²) in [7, 11) is 0. The Morgan fingerprint density at radius 3 is 2.44 bits per heavy atom. The van der Waals surface area contributed by atoms with Crippen LogP contribution in [0.2, 0.25) is 0 Å². The smallest absolute Gasteiger partial charge is 0.160 e. The first-order valence-electron chi connectivity index (χ1n) is 8.89. The van der Waals surface area contributed by atoms with Crippen molar-refractivity contribution in [3.63, 3.8) is 0 Å². The van der Waals surface area contributed by atoms with E-state index in [1.165, 1.54) is 23.4 Å². The molecule has 0 unspecified atom stereocenters. The Balaban J connectivity index is 1.46. The number of nitrogens with zero attached hydrogens (tertiary/aromatic N) is 3. The molecule has 1 fully saturated rings. The molecule has 0 bridgehead atoms. The van der Waals surface area contributed by atoms with E-state index < -0.39 is 11.6 Å². The summed E-state index contributed by atoms with van der Waals surface area (Å²) < 4.78 is 28.5. The Kier molecular flexibility index (Phi) is 5.37. The Labute approximate surface area is 147 Å². The summed E-state index contributed by atoms with van der Waals surface area (Å²) in [6, 6.07) is 4.59. The second-order valence-electron chi connectivity index (χ2n) is 6.83. The van der Waals surface area contributed by atoms with Crippen molar-refractivity contribution in [2.75, 3.05) is 24.5 Å². The average molecular weight is 348 g/mol. The maximum Gasteiger partial charge on any atom is 0.160 e. The third-order valence-corrected chi connectivity index (χ3v) is 5.26. The first-order valence-corrected chi connectivity index (χ1v) is 8.89. The maximum absolute atomic E-state index is 13.4. The molecule has 1 aromatic heterocycles. The highest BCUT2D eigenvalue weighted by atomic mass is 19.2. The van der Waals surface area contributed by atoms with Gasteiger partial charge >= 0.3 is 0 Å². The highest BCUT2D eigenvalue weighted by molar-refractivity contribution is 5.47. The van der Waals surface area contributed by atoms with Crippen LogP contribution in [0, 0.1) is 32.4 Å². The number of hydrogen-bond donors (Lipinski definition) is 1. The van der Waals surface area contributed by atoms with Gasteiger partial charge in [0.25, 0.3) is 0 Å². The molecule has 0 amide bonds. The summed E-state index contributed by atoms with van der Waals surface area (Å²) in [5, 5.41) is 8.16. The molecule has 3 rings (SSSR count). The van der Waals surface area contributed by atoms with E-state index in [4.69, 9.17) is 0 Å². The number of nitrogens with one attached hydrogen (secondary N) is 1. The Bertz CT molecular complexity index is 733. The third-order valence-electron chi connectivity index (χ3n) is 5.26. The Morgan fingerprint density at radius 2 is 1.84 bits per heavy atom. The van der Waals surface area contributed by atoms with Gasteiger partial charge in [-0.1, -0.05) is 0 Å². The molecule has 1 aromatic carbocycles. The predicted molar refractivity (Wildman–Crippen MR) is 96.0 cm³/mol. The van der Waals surface area contributed by atoms with Gasteiger partial charge in [-0.2, -0.15) is 5.10 Å². The molecule has 4 nitrogen and oxygen atoms in total. The second kappa shape index (κ2) is 7.52. The summed E-state index contributed by atoms with van der Waals surface area (Å²) in [5.41, 5.74) is 4.35. The van der Waals surface area contributed by atoms with Crippen LogP contribution >= 0.6 is 0 Å². The van der Waals surface area contributed by atoms with E-state index in [-0.39, 0.29) is 0 Å². The van der Waals surface area contributed by atoms with Crippen LogP contribution in [0.15, 0.2) is 18.2 Å². The minimum Gasteiger partial charge on any atom is -0.371 e. The zero-order valence-electron chi connectivity index (χ0n) is 15.1.